The van der Waals surface area contributed by atoms with Crippen LogP contribution in [0.3, 0.4) is 0 Å². The smallest absolute Gasteiger partial charge is 0.240 e. The molecule has 1 unspecified atom stereocenters. The van der Waals surface area contributed by atoms with Crippen LogP contribution in [0.4, 0.5) is 0 Å². The number of nitrogens with zero attached hydrogens (tertiary/aromatic N) is 2. The Kier molecular flexibility index (Phi) is 3.75. The number of rotatable bonds is 1. The lowest BCUT2D eigenvalue weighted by Crippen LogP contribution is -2.53. The molecule has 1 amide bonds. The first-order chi connectivity index (χ1) is 9.96. The van der Waals surface area contributed by atoms with E-state index in [1.165, 1.54) is 11.1 Å². The first-order valence-corrected chi connectivity index (χ1v) is 9.05. The number of benzene rings is 1. The van der Waals surface area contributed by atoms with Crippen LogP contribution in [-0.4, -0.2) is 61.8 Å². The van der Waals surface area contributed by atoms with Gasteiger partial charge in [-0.25, -0.2) is 8.42 Å². The Morgan fingerprint density at radius 3 is 2.43 bits per heavy atom. The van der Waals surface area contributed by atoms with E-state index in [1.54, 1.807) is 4.90 Å². The molecule has 0 radical (unpaired) electrons. The largest absolute Gasteiger partial charge is 0.339 e. The Bertz CT molecular complexity index is 643. The van der Waals surface area contributed by atoms with E-state index < -0.39 is 9.84 Å². The molecule has 2 heterocycles. The lowest BCUT2D eigenvalue weighted by atomic mass is 9.93. The third kappa shape index (κ3) is 2.96. The van der Waals surface area contributed by atoms with E-state index in [0.717, 1.165) is 6.54 Å². The summed E-state index contributed by atoms with van der Waals surface area (Å²) in [4.78, 5) is 16.4. The van der Waals surface area contributed by atoms with Gasteiger partial charge in [0.1, 0.15) is 0 Å². The van der Waals surface area contributed by atoms with Crippen molar-refractivity contribution in [2.45, 2.75) is 19.0 Å². The highest BCUT2D eigenvalue weighted by Crippen LogP contribution is 2.23. The number of hydrogen-bond donors (Lipinski definition) is 0. The third-order valence-electron chi connectivity index (χ3n) is 4.42. The van der Waals surface area contributed by atoms with Gasteiger partial charge in [0.2, 0.25) is 5.91 Å². The van der Waals surface area contributed by atoms with Gasteiger partial charge >= 0.3 is 0 Å². The summed E-state index contributed by atoms with van der Waals surface area (Å²) in [6.07, 6.45) is 0.703. The lowest BCUT2D eigenvalue weighted by Gasteiger charge is -2.37. The van der Waals surface area contributed by atoms with Crippen LogP contribution in [0, 0.1) is 0 Å². The van der Waals surface area contributed by atoms with Crippen molar-refractivity contribution < 1.29 is 13.2 Å². The zero-order chi connectivity index (χ0) is 15.0. The summed E-state index contributed by atoms with van der Waals surface area (Å²) in [5.74, 6) is 0.235. The topological polar surface area (TPSA) is 57.7 Å². The van der Waals surface area contributed by atoms with E-state index in [2.05, 4.69) is 17.0 Å². The first kappa shape index (κ1) is 14.5. The van der Waals surface area contributed by atoms with Crippen LogP contribution in [-0.2, 0) is 27.6 Å². The summed E-state index contributed by atoms with van der Waals surface area (Å²) >= 11 is 0. The van der Waals surface area contributed by atoms with Crippen molar-refractivity contribution in [3.8, 4) is 0 Å². The highest BCUT2D eigenvalue weighted by Gasteiger charge is 2.34. The summed E-state index contributed by atoms with van der Waals surface area (Å²) in [6, 6.07) is 8.01. The molecule has 2 aliphatic rings. The number of hydrogen-bond acceptors (Lipinski definition) is 4. The number of amides is 1. The predicted octanol–water partition coefficient (Wildman–Crippen LogP) is 0.300. The van der Waals surface area contributed by atoms with Gasteiger partial charge in [0.05, 0.1) is 17.5 Å². The average molecular weight is 308 g/mol. The van der Waals surface area contributed by atoms with Crippen LogP contribution in [0.1, 0.15) is 11.1 Å². The molecule has 0 bridgehead atoms. The number of likely N-dealkylation sites (N-methyl/N-ethyl adjacent to an activating group) is 1. The van der Waals surface area contributed by atoms with Gasteiger partial charge < -0.3 is 4.90 Å². The van der Waals surface area contributed by atoms with Crippen LogP contribution in [0.5, 0.6) is 0 Å². The molecule has 1 fully saturated rings. The van der Waals surface area contributed by atoms with Crippen molar-refractivity contribution in [2.75, 3.05) is 31.6 Å². The van der Waals surface area contributed by atoms with Gasteiger partial charge in [-0.2, -0.15) is 0 Å². The Labute approximate surface area is 125 Å². The van der Waals surface area contributed by atoms with Gasteiger partial charge in [0.15, 0.2) is 9.84 Å². The minimum Gasteiger partial charge on any atom is -0.339 e. The zero-order valence-corrected chi connectivity index (χ0v) is 13.0. The van der Waals surface area contributed by atoms with Crippen molar-refractivity contribution in [3.05, 3.63) is 35.4 Å². The molecule has 1 aromatic carbocycles. The monoisotopic (exact) mass is 308 g/mol. The van der Waals surface area contributed by atoms with E-state index in [1.807, 2.05) is 19.2 Å². The molecular formula is C15H20N2O3S. The summed E-state index contributed by atoms with van der Waals surface area (Å²) in [5, 5.41) is 0. The van der Waals surface area contributed by atoms with E-state index in [0.29, 0.717) is 19.5 Å². The van der Waals surface area contributed by atoms with E-state index in [9.17, 15) is 13.2 Å². The second-order valence-electron chi connectivity index (χ2n) is 5.88. The summed E-state index contributed by atoms with van der Waals surface area (Å²) in [6.45, 7) is 1.42. The van der Waals surface area contributed by atoms with E-state index in [4.69, 9.17) is 0 Å². The molecular weight excluding hydrogens is 288 g/mol. The Morgan fingerprint density at radius 2 is 1.76 bits per heavy atom. The second kappa shape index (κ2) is 5.42. The van der Waals surface area contributed by atoms with Crippen LogP contribution in [0.25, 0.3) is 0 Å². The summed E-state index contributed by atoms with van der Waals surface area (Å²) < 4.78 is 22.9. The molecule has 0 aromatic heterocycles. The number of sulfone groups is 1. The van der Waals surface area contributed by atoms with Crippen molar-refractivity contribution >= 4 is 15.7 Å². The molecule has 0 spiro atoms. The normalized spacial score (nSPS) is 25.4. The zero-order valence-electron chi connectivity index (χ0n) is 12.2. The molecule has 0 N–H and O–H groups in total. The van der Waals surface area contributed by atoms with Gasteiger partial charge in [-0.1, -0.05) is 24.3 Å². The predicted molar refractivity (Wildman–Crippen MR) is 80.6 cm³/mol. The third-order valence-corrected chi connectivity index (χ3v) is 6.03. The molecule has 2 aliphatic heterocycles. The molecule has 0 aliphatic carbocycles. The van der Waals surface area contributed by atoms with Gasteiger partial charge in [-0.3, -0.25) is 9.69 Å². The number of fused-ring (bicyclic) bond motifs is 1. The molecule has 5 nitrogen and oxygen atoms in total. The van der Waals surface area contributed by atoms with E-state index >= 15 is 0 Å². The molecule has 1 saturated heterocycles. The van der Waals surface area contributed by atoms with Gasteiger partial charge in [0.25, 0.3) is 0 Å². The molecule has 6 heteroatoms. The molecule has 3 rings (SSSR count). The molecule has 21 heavy (non-hydrogen) atoms. The van der Waals surface area contributed by atoms with Crippen LogP contribution < -0.4 is 0 Å². The minimum atomic E-state index is -2.95. The minimum absolute atomic E-state index is 0.0573. The number of carbonyl (C=O) groups is 1. The van der Waals surface area contributed by atoms with Crippen molar-refractivity contribution in [2.24, 2.45) is 0 Å². The molecule has 1 atom stereocenters. The SMILES string of the molecule is CN1Cc2ccccc2CC1C(=O)N1CCS(=O)(=O)CC1. The van der Waals surface area contributed by atoms with Crippen LogP contribution in [0.2, 0.25) is 0 Å². The first-order valence-electron chi connectivity index (χ1n) is 7.22. The number of carbonyl (C=O) groups excluding carboxylic acids is 1. The average Bonchev–Trinajstić information content (AvgIpc) is 2.46. The maximum atomic E-state index is 12.7. The highest BCUT2D eigenvalue weighted by molar-refractivity contribution is 7.91. The maximum Gasteiger partial charge on any atom is 0.240 e. The van der Waals surface area contributed by atoms with Gasteiger partial charge in [0, 0.05) is 19.6 Å². The molecule has 0 saturated carbocycles. The Morgan fingerprint density at radius 1 is 1.14 bits per heavy atom. The Balaban J connectivity index is 1.74. The molecule has 114 valence electrons. The fraction of sp³-hybridized carbons (Fsp3) is 0.533. The van der Waals surface area contributed by atoms with Gasteiger partial charge in [-0.05, 0) is 24.6 Å². The van der Waals surface area contributed by atoms with E-state index in [-0.39, 0.29) is 23.5 Å². The fourth-order valence-electron chi connectivity index (χ4n) is 3.07. The second-order valence-corrected chi connectivity index (χ2v) is 8.18. The quantitative estimate of drug-likeness (QED) is 0.749. The fourth-order valence-corrected chi connectivity index (χ4v) is 4.27. The van der Waals surface area contributed by atoms with Crippen molar-refractivity contribution in [1.29, 1.82) is 0 Å². The van der Waals surface area contributed by atoms with Gasteiger partial charge in [-0.15, -0.1) is 0 Å². The van der Waals surface area contributed by atoms with Crippen LogP contribution >= 0.6 is 0 Å². The Hall–Kier alpha value is -1.40. The lowest BCUT2D eigenvalue weighted by molar-refractivity contribution is -0.136. The summed E-state index contributed by atoms with van der Waals surface area (Å²) in [5.41, 5.74) is 2.49. The standard InChI is InChI=1S/C15H20N2O3S/c1-16-11-13-5-3-2-4-12(13)10-14(16)15(18)17-6-8-21(19,20)9-7-17/h2-5,14H,6-11H2,1H3. The summed E-state index contributed by atoms with van der Waals surface area (Å²) in [7, 11) is -0.992. The molecule has 1 aromatic rings. The maximum absolute atomic E-state index is 12.7. The van der Waals surface area contributed by atoms with Crippen molar-refractivity contribution in [1.82, 2.24) is 9.80 Å². The van der Waals surface area contributed by atoms with Crippen molar-refractivity contribution in [3.63, 3.8) is 0 Å². The van der Waals surface area contributed by atoms with Crippen LogP contribution in [0.15, 0.2) is 24.3 Å². The highest BCUT2D eigenvalue weighted by atomic mass is 32.2.